The zero-order chi connectivity index (χ0) is 50.6. The van der Waals surface area contributed by atoms with Crippen LogP contribution in [-0.4, -0.2) is 141 Å². The first-order valence-corrected chi connectivity index (χ1v) is 25.0. The Kier molecular flexibility index (Phi) is 20.8. The van der Waals surface area contributed by atoms with Gasteiger partial charge in [0.25, 0.3) is 11.7 Å². The van der Waals surface area contributed by atoms with Gasteiger partial charge in [0, 0.05) is 58.5 Å². The van der Waals surface area contributed by atoms with E-state index in [-0.39, 0.29) is 60.9 Å². The molecule has 1 aromatic rings. The Morgan fingerprint density at radius 1 is 0.884 bits per heavy atom. The number of tetrazole rings is 1. The maximum atomic E-state index is 14.5. The topological polar surface area (TPSA) is 219 Å². The van der Waals surface area contributed by atoms with E-state index < -0.39 is 77.8 Å². The number of hydrogen-bond donors (Lipinski definition) is 2. The van der Waals surface area contributed by atoms with Crippen molar-refractivity contribution in [3.05, 3.63) is 53.9 Å². The van der Waals surface area contributed by atoms with Gasteiger partial charge in [-0.25, -0.2) is 9.48 Å². The number of carbonyl (C=O) groups excluding carboxylic acids is 5. The summed E-state index contributed by atoms with van der Waals surface area (Å²) < 4.78 is 31.6. The minimum Gasteiger partial charge on any atom is -0.460 e. The second-order valence-electron chi connectivity index (χ2n) is 20.4. The number of ketones is 3. The Morgan fingerprint density at radius 2 is 1.64 bits per heavy atom. The van der Waals surface area contributed by atoms with E-state index in [4.69, 9.17) is 23.7 Å². The van der Waals surface area contributed by atoms with Gasteiger partial charge in [-0.1, -0.05) is 71.1 Å². The van der Waals surface area contributed by atoms with Crippen LogP contribution in [0.3, 0.4) is 0 Å². The van der Waals surface area contributed by atoms with Crippen molar-refractivity contribution in [1.82, 2.24) is 25.1 Å². The molecule has 17 nitrogen and oxygen atoms in total. The molecule has 2 N–H and O–H groups in total. The molecule has 2 saturated heterocycles. The average molecular weight is 966 g/mol. The molecule has 0 radical (unpaired) electrons. The summed E-state index contributed by atoms with van der Waals surface area (Å²) in [7, 11) is 4.62. The maximum Gasteiger partial charge on any atom is 0.329 e. The van der Waals surface area contributed by atoms with E-state index in [0.29, 0.717) is 56.9 Å². The van der Waals surface area contributed by atoms with Gasteiger partial charge in [0.2, 0.25) is 5.79 Å². The van der Waals surface area contributed by atoms with Gasteiger partial charge in [0.05, 0.1) is 24.4 Å². The number of rotatable bonds is 7. The Hall–Kier alpha value is -4.26. The second kappa shape index (κ2) is 25.7. The lowest BCUT2D eigenvalue weighted by molar-refractivity contribution is -0.265. The largest absolute Gasteiger partial charge is 0.460 e. The molecule has 0 spiro atoms. The molecule has 2 bridgehead atoms. The number of esters is 1. The van der Waals surface area contributed by atoms with Crippen molar-refractivity contribution in [1.29, 1.82) is 0 Å². The van der Waals surface area contributed by atoms with E-state index >= 15 is 0 Å². The third kappa shape index (κ3) is 14.2. The highest BCUT2D eigenvalue weighted by molar-refractivity contribution is 6.39. The van der Waals surface area contributed by atoms with Crippen LogP contribution in [0.15, 0.2) is 53.9 Å². The quantitative estimate of drug-likeness (QED) is 0.181. The Labute approximate surface area is 408 Å². The number of aliphatic hydroxyl groups is 2. The molecular weight excluding hydrogens is 887 g/mol. The summed E-state index contributed by atoms with van der Waals surface area (Å²) in [6.07, 6.45) is 13.9. The Morgan fingerprint density at radius 3 is 2.32 bits per heavy atom. The lowest BCUT2D eigenvalue weighted by Gasteiger charge is -2.42. The number of Topliss-reactive ketones (excluding diaryl/α,β-unsaturated/α-hetero) is 3. The zero-order valence-corrected chi connectivity index (χ0v) is 42.5. The molecule has 1 amide bonds. The number of methoxy groups -OCH3 is 3. The molecule has 69 heavy (non-hydrogen) atoms. The van der Waals surface area contributed by atoms with Crippen molar-refractivity contribution in [3.63, 3.8) is 0 Å². The SMILES string of the molecule is CO[C@H]1C[C@@H]2CC[C@@H](C)[C@@](O)(O2)C(=O)C(=O)N2CCCC[C@H]2C(=O)O[C@H]([C@H](C)C[C@@H]2CC[C@H](n3cnnn3)[C@H](OC)C2)CC(=O)[C@H](C)/C=C(\C)[C@@H](O)[C@@H](OC)C(=O)[C@H](C)C[C@H](C)/C=C/C=CC=C1C. The highest BCUT2D eigenvalue weighted by atomic mass is 16.6. The fraction of sp³-hybridized carbons (Fsp3) is 0.731. The molecule has 17 heteroatoms. The van der Waals surface area contributed by atoms with Gasteiger partial charge in [-0.2, -0.15) is 0 Å². The number of aliphatic hydroxyl groups excluding tert-OH is 1. The number of allylic oxidation sites excluding steroid dienone is 6. The van der Waals surface area contributed by atoms with Gasteiger partial charge in [-0.3, -0.25) is 19.2 Å². The zero-order valence-electron chi connectivity index (χ0n) is 42.5. The molecule has 1 saturated carbocycles. The van der Waals surface area contributed by atoms with Crippen LogP contribution >= 0.6 is 0 Å². The van der Waals surface area contributed by atoms with E-state index in [1.165, 1.54) is 12.0 Å². The predicted octanol–water partition coefficient (Wildman–Crippen LogP) is 6.05. The summed E-state index contributed by atoms with van der Waals surface area (Å²) in [4.78, 5) is 72.3. The summed E-state index contributed by atoms with van der Waals surface area (Å²) in [5.74, 6) is -7.92. The van der Waals surface area contributed by atoms with Gasteiger partial charge >= 0.3 is 5.97 Å². The number of hydrogen-bond acceptors (Lipinski definition) is 15. The van der Waals surface area contributed by atoms with Gasteiger partial charge < -0.3 is 38.8 Å². The number of cyclic esters (lactones) is 1. The number of fused-ring (bicyclic) bond motifs is 3. The van der Waals surface area contributed by atoms with E-state index in [9.17, 15) is 34.2 Å². The lowest BCUT2D eigenvalue weighted by atomic mass is 9.77. The number of aromatic nitrogens is 4. The van der Waals surface area contributed by atoms with E-state index in [1.54, 1.807) is 52.1 Å². The molecule has 0 aromatic carbocycles. The van der Waals surface area contributed by atoms with Crippen molar-refractivity contribution in [2.45, 2.75) is 180 Å². The normalized spacial score (nSPS) is 37.5. The van der Waals surface area contributed by atoms with Gasteiger partial charge in [0.15, 0.2) is 5.78 Å². The third-order valence-corrected chi connectivity index (χ3v) is 15.2. The standard InChI is InChI=1S/C52H79N5O12/c1-31-16-12-11-13-17-32(2)43(65-8)28-39-21-19-37(7)52(64,69-39)49(61)50(62)56-23-15-14-18-41(56)51(63)68-44(34(4)26-38-20-22-40(45(27-38)66-9)57-30-53-54-55-57)29-42(58)33(3)25-36(6)47(60)48(67-10)46(59)35(5)24-31/h11-13,16-17,25,30-31,33-35,37-41,43-45,47-48,60,64H,14-15,18-24,26-29H2,1-10H3/b13-11?,16-12+,32-17?,36-25+/t31-,33-,34-,35-,37-,38+,39+,40+,41+,43+,44+,45-,47-,48+,52-/m1/s1. The van der Waals surface area contributed by atoms with Crippen molar-refractivity contribution in [2.75, 3.05) is 27.9 Å². The fourth-order valence-electron chi connectivity index (χ4n) is 10.7. The van der Waals surface area contributed by atoms with Gasteiger partial charge in [0.1, 0.15) is 36.5 Å². The van der Waals surface area contributed by atoms with Crippen LogP contribution in [0.2, 0.25) is 0 Å². The smallest absolute Gasteiger partial charge is 0.329 e. The Bertz CT molecular complexity index is 2020. The summed E-state index contributed by atoms with van der Waals surface area (Å²) in [5.41, 5.74) is 1.27. The fourth-order valence-corrected chi connectivity index (χ4v) is 10.7. The number of piperidine rings is 1. The van der Waals surface area contributed by atoms with Crippen LogP contribution in [0, 0.1) is 35.5 Å². The number of nitrogens with zero attached hydrogens (tertiary/aromatic N) is 5. The van der Waals surface area contributed by atoms with Crippen LogP contribution < -0.4 is 0 Å². The summed E-state index contributed by atoms with van der Waals surface area (Å²) in [5, 5.41) is 35.2. The van der Waals surface area contributed by atoms with Crippen LogP contribution in [-0.2, 0) is 47.7 Å². The van der Waals surface area contributed by atoms with Crippen molar-refractivity contribution in [2.24, 2.45) is 35.5 Å². The second-order valence-corrected chi connectivity index (χ2v) is 20.4. The molecule has 1 aromatic heterocycles. The maximum absolute atomic E-state index is 14.5. The lowest BCUT2D eigenvalue weighted by Crippen LogP contribution is -2.61. The first-order chi connectivity index (χ1) is 32.8. The molecule has 4 aliphatic rings. The van der Waals surface area contributed by atoms with E-state index in [1.807, 2.05) is 58.1 Å². The Balaban J connectivity index is 1.46. The molecule has 384 valence electrons. The van der Waals surface area contributed by atoms with Gasteiger partial charge in [-0.15, -0.1) is 5.10 Å². The summed E-state index contributed by atoms with van der Waals surface area (Å²) in [6, 6.07) is -1.19. The van der Waals surface area contributed by atoms with Crippen LogP contribution in [0.25, 0.3) is 0 Å². The molecule has 4 heterocycles. The minimum atomic E-state index is -2.43. The highest BCUT2D eigenvalue weighted by Gasteiger charge is 2.53. The van der Waals surface area contributed by atoms with Crippen LogP contribution in [0.4, 0.5) is 0 Å². The van der Waals surface area contributed by atoms with E-state index in [2.05, 4.69) is 15.5 Å². The van der Waals surface area contributed by atoms with Crippen molar-refractivity contribution >= 4 is 29.2 Å². The van der Waals surface area contributed by atoms with Crippen LogP contribution in [0.5, 0.6) is 0 Å². The first-order valence-electron chi connectivity index (χ1n) is 25.0. The summed E-state index contributed by atoms with van der Waals surface area (Å²) >= 11 is 0. The molecule has 0 unspecified atom stereocenters. The minimum absolute atomic E-state index is 0.0170. The molecule has 1 aliphatic carbocycles. The number of ether oxygens (including phenoxy) is 5. The molecular formula is C52H79N5O12. The monoisotopic (exact) mass is 966 g/mol. The number of carbonyl (C=O) groups is 5. The molecule has 3 fully saturated rings. The molecule has 15 atom stereocenters. The van der Waals surface area contributed by atoms with Crippen molar-refractivity contribution < 1.29 is 57.9 Å². The first kappa shape index (κ1) is 55.7. The molecule has 5 rings (SSSR count). The van der Waals surface area contributed by atoms with Crippen LogP contribution in [0.1, 0.15) is 132 Å². The predicted molar refractivity (Wildman–Crippen MR) is 256 cm³/mol. The molecule has 3 aliphatic heterocycles. The number of amides is 1. The van der Waals surface area contributed by atoms with Gasteiger partial charge in [-0.05, 0) is 117 Å². The van der Waals surface area contributed by atoms with Crippen molar-refractivity contribution in [3.8, 4) is 0 Å². The highest BCUT2D eigenvalue weighted by Crippen LogP contribution is 2.39. The average Bonchev–Trinajstić information content (AvgIpc) is 3.88. The third-order valence-electron chi connectivity index (χ3n) is 15.2. The summed E-state index contributed by atoms with van der Waals surface area (Å²) in [6.45, 7) is 12.8. The van der Waals surface area contributed by atoms with E-state index in [0.717, 1.165) is 18.4 Å².